The van der Waals surface area contributed by atoms with Crippen LogP contribution in [-0.4, -0.2) is 13.4 Å². The summed E-state index contributed by atoms with van der Waals surface area (Å²) in [6.07, 6.45) is 0. The maximum Gasteiger partial charge on any atom is 0.252 e. The third kappa shape index (κ3) is 9.71. The predicted octanol–water partition coefficient (Wildman–Crippen LogP) is 19.9. The Morgan fingerprint density at radius 3 is 0.719 bits per heavy atom. The van der Waals surface area contributed by atoms with Gasteiger partial charge >= 0.3 is 0 Å². The molecule has 4 aliphatic rings. The highest BCUT2D eigenvalue weighted by atomic mass is 15.2. The lowest BCUT2D eigenvalue weighted by molar-refractivity contribution is 1.20. The third-order valence-corrected chi connectivity index (χ3v) is 20.1. The first-order valence-electron chi connectivity index (χ1n) is 33.8. The molecule has 0 bridgehead atoms. The van der Waals surface area contributed by atoms with Gasteiger partial charge in [-0.05, 0) is 297 Å². The molecule has 0 fully saturated rings. The fraction of sp³-hybridized carbons (Fsp3) is 0.114. The lowest BCUT2D eigenvalue weighted by atomic mass is 9.30. The lowest BCUT2D eigenvalue weighted by Gasteiger charge is -2.48. The van der Waals surface area contributed by atoms with E-state index in [4.69, 9.17) is 0 Å². The number of aryl methyl sites for hydroxylation is 10. The van der Waals surface area contributed by atoms with Crippen LogP contribution in [0.1, 0.15) is 55.6 Å². The van der Waals surface area contributed by atoms with Crippen LogP contribution >= 0.6 is 0 Å². The van der Waals surface area contributed by atoms with Gasteiger partial charge in [0.05, 0.1) is 11.4 Å². The highest BCUT2D eigenvalue weighted by Crippen LogP contribution is 2.53. The topological polar surface area (TPSA) is 19.4 Å². The molecule has 4 aliphatic heterocycles. The van der Waals surface area contributed by atoms with Crippen molar-refractivity contribution in [2.75, 3.05) is 29.4 Å². The van der Waals surface area contributed by atoms with Crippen molar-refractivity contribution < 1.29 is 0 Å². The van der Waals surface area contributed by atoms with Crippen LogP contribution in [0.25, 0.3) is 0 Å². The van der Waals surface area contributed by atoms with Gasteiger partial charge in [0.2, 0.25) is 0 Å². The van der Waals surface area contributed by atoms with Crippen molar-refractivity contribution in [1.82, 2.24) is 0 Å². The van der Waals surface area contributed by atoms with Gasteiger partial charge in [0.1, 0.15) is 0 Å². The minimum Gasteiger partial charge on any atom is -0.311 e. The van der Waals surface area contributed by atoms with Crippen molar-refractivity contribution in [2.24, 2.45) is 0 Å². The second-order valence-corrected chi connectivity index (χ2v) is 27.5. The van der Waals surface area contributed by atoms with Gasteiger partial charge in [-0.1, -0.05) is 127 Å². The monoisotopic (exact) mass is 1240 g/mol. The Hall–Kier alpha value is -11.2. The second kappa shape index (κ2) is 22.8. The van der Waals surface area contributed by atoms with Crippen molar-refractivity contribution in [1.29, 1.82) is 0 Å². The molecule has 96 heavy (non-hydrogen) atoms. The van der Waals surface area contributed by atoms with Crippen LogP contribution in [0.15, 0.2) is 267 Å². The Bertz CT molecular complexity index is 4940. The molecule has 0 unspecified atom stereocenters. The Morgan fingerprint density at radius 1 is 0.198 bits per heavy atom. The molecule has 6 nitrogen and oxygen atoms in total. The number of nitrogens with zero attached hydrogens (tertiary/aromatic N) is 6. The quantitative estimate of drug-likeness (QED) is 0.126. The zero-order valence-corrected chi connectivity index (χ0v) is 56.2. The molecule has 462 valence electrons. The summed E-state index contributed by atoms with van der Waals surface area (Å²) in [5, 5.41) is 0. The Labute approximate surface area is 566 Å². The molecule has 0 aliphatic carbocycles. The second-order valence-electron chi connectivity index (χ2n) is 27.5. The van der Waals surface area contributed by atoms with Crippen LogP contribution in [0.4, 0.5) is 102 Å². The largest absolute Gasteiger partial charge is 0.311 e. The molecule has 0 atom stereocenters. The van der Waals surface area contributed by atoms with Gasteiger partial charge in [-0.15, -0.1) is 0 Å². The fourth-order valence-electron chi connectivity index (χ4n) is 16.1. The lowest BCUT2D eigenvalue weighted by Crippen LogP contribution is -2.65. The summed E-state index contributed by atoms with van der Waals surface area (Å²) in [4.78, 5) is 15.4. The summed E-state index contributed by atoms with van der Waals surface area (Å²) < 4.78 is 0. The third-order valence-electron chi connectivity index (χ3n) is 20.1. The normalized spacial score (nSPS) is 13.0. The predicted molar refractivity (Wildman–Crippen MR) is 411 cm³/mol. The molecular weight excluding hydrogens is 1160 g/mol. The van der Waals surface area contributed by atoms with Gasteiger partial charge < -0.3 is 29.4 Å². The van der Waals surface area contributed by atoms with E-state index in [9.17, 15) is 0 Å². The molecule has 0 radical (unpaired) electrons. The molecule has 4 heterocycles. The highest BCUT2D eigenvalue weighted by molar-refractivity contribution is 7.03. The van der Waals surface area contributed by atoms with E-state index in [1.165, 1.54) is 99.8 Å². The molecule has 8 heteroatoms. The minimum atomic E-state index is -0.175. The summed E-state index contributed by atoms with van der Waals surface area (Å²) >= 11 is 0. The van der Waals surface area contributed by atoms with Gasteiger partial charge in [-0.25, -0.2) is 0 Å². The van der Waals surface area contributed by atoms with E-state index < -0.39 is 0 Å². The van der Waals surface area contributed by atoms with Crippen molar-refractivity contribution in [3.63, 3.8) is 0 Å². The Balaban J connectivity index is 1.02. The molecule has 13 aromatic carbocycles. The first-order valence-corrected chi connectivity index (χ1v) is 33.8. The van der Waals surface area contributed by atoms with Gasteiger partial charge in [-0.2, -0.15) is 0 Å². The van der Waals surface area contributed by atoms with Gasteiger partial charge in [0, 0.05) is 91.0 Å². The molecule has 17 rings (SSSR count). The van der Waals surface area contributed by atoms with Crippen LogP contribution in [-0.2, 0) is 0 Å². The molecule has 0 aromatic heterocycles. The summed E-state index contributed by atoms with van der Waals surface area (Å²) in [5.41, 5.74) is 39.9. The van der Waals surface area contributed by atoms with Crippen molar-refractivity contribution in [3.05, 3.63) is 323 Å². The van der Waals surface area contributed by atoms with Crippen molar-refractivity contribution >= 4 is 149 Å². The summed E-state index contributed by atoms with van der Waals surface area (Å²) in [7, 11) is 0. The van der Waals surface area contributed by atoms with Crippen LogP contribution in [0.3, 0.4) is 0 Å². The van der Waals surface area contributed by atoms with Gasteiger partial charge in [0.15, 0.2) is 0 Å². The minimum absolute atomic E-state index is 0.175. The molecule has 0 N–H and O–H groups in total. The Kier molecular flexibility index (Phi) is 13.9. The smallest absolute Gasteiger partial charge is 0.252 e. The van der Waals surface area contributed by atoms with E-state index >= 15 is 0 Å². The first kappa shape index (κ1) is 58.6. The van der Waals surface area contributed by atoms with Crippen LogP contribution < -0.4 is 62.2 Å². The molecular formula is C88H74B2N6. The van der Waals surface area contributed by atoms with E-state index in [0.29, 0.717) is 0 Å². The average molecular weight is 1240 g/mol. The number of hydrogen-bond acceptors (Lipinski definition) is 6. The fourth-order valence-corrected chi connectivity index (χ4v) is 16.1. The van der Waals surface area contributed by atoms with E-state index in [-0.39, 0.29) is 13.4 Å². The van der Waals surface area contributed by atoms with Crippen LogP contribution in [0.5, 0.6) is 0 Å². The summed E-state index contributed by atoms with van der Waals surface area (Å²) in [5.74, 6) is 0. The SMILES string of the molecule is Cc1cccc(N(c2cccc(C)c2)c2cc3c4c(c2)N(c2cccc(C)c2)c2cc5c(cc2B4c2ccc(C)cc2N3c2cccc(C)c2)B2c3ccc(C)cc3N(c3cccc(C)c3)c3cc(N(c4cccc(C)c4)c4cccc(C)c4)cc(c32)N5c2cccc(C)c2)c1. The number of anilines is 18. The van der Waals surface area contributed by atoms with Gasteiger partial charge in [0.25, 0.3) is 13.4 Å². The zero-order chi connectivity index (χ0) is 65.4. The van der Waals surface area contributed by atoms with Crippen LogP contribution in [0.2, 0.25) is 0 Å². The average Bonchev–Trinajstić information content (AvgIpc) is 0.689. The van der Waals surface area contributed by atoms with Crippen molar-refractivity contribution in [3.8, 4) is 0 Å². The van der Waals surface area contributed by atoms with Crippen molar-refractivity contribution in [2.45, 2.75) is 69.2 Å². The molecule has 0 spiro atoms. The standard InChI is InChI=1S/C88H74B2N6/c1-55-19-11-27-65(39-55)91(66-28-12-20-56(2)40-66)73-49-83-87-85(51-73)95(71-33-17-25-61(7)45-71)81-54-82-78(53-77(81)89(87)75-37-35-63(9)47-79(75)93(83)69-31-15-23-59(5)43-69)90-76-38-36-64(10)48-80(76)94(70-32-16-24-60(6)44-70)84-50-74(52-86(88(84)90)96(82)72-34-18-26-62(8)46-72)92(67-29-13-21-57(3)41-67)68-30-14-22-58(4)42-68/h11-54H,1-10H3. The highest BCUT2D eigenvalue weighted by Gasteiger charge is 2.49. The maximum atomic E-state index is 2.67. The van der Waals surface area contributed by atoms with E-state index in [1.807, 2.05) is 0 Å². The zero-order valence-electron chi connectivity index (χ0n) is 56.2. The van der Waals surface area contributed by atoms with E-state index in [1.54, 1.807) is 0 Å². The Morgan fingerprint density at radius 2 is 0.448 bits per heavy atom. The van der Waals surface area contributed by atoms with Gasteiger partial charge in [-0.3, -0.25) is 0 Å². The molecule has 0 amide bonds. The number of benzene rings is 13. The summed E-state index contributed by atoms with van der Waals surface area (Å²) in [6.45, 7) is 21.8. The summed E-state index contributed by atoms with van der Waals surface area (Å²) in [6, 6.07) is 102. The number of rotatable bonds is 10. The van der Waals surface area contributed by atoms with Crippen LogP contribution in [0, 0.1) is 69.2 Å². The number of fused-ring (bicyclic) bond motifs is 8. The van der Waals surface area contributed by atoms with E-state index in [0.717, 1.165) is 91.0 Å². The maximum absolute atomic E-state index is 2.67. The molecule has 0 saturated heterocycles. The molecule has 13 aromatic rings. The first-order chi connectivity index (χ1) is 46.7. The van der Waals surface area contributed by atoms with E-state index in [2.05, 4.69) is 366 Å². The number of hydrogen-bond donors (Lipinski definition) is 0. The molecule has 0 saturated carbocycles.